The second-order valence-electron chi connectivity index (χ2n) is 8.57. The third-order valence-electron chi connectivity index (χ3n) is 6.50. The first-order valence-corrected chi connectivity index (χ1v) is 11.1. The molecule has 4 amide bonds. The summed E-state index contributed by atoms with van der Waals surface area (Å²) in [6, 6.07) is 15.5. The number of urea groups is 1. The number of benzene rings is 2. The molecule has 0 bridgehead atoms. The van der Waals surface area contributed by atoms with Crippen molar-refractivity contribution in [2.75, 3.05) is 36.4 Å². The van der Waals surface area contributed by atoms with Crippen LogP contribution in [-0.2, 0) is 22.7 Å². The second-order valence-corrected chi connectivity index (χ2v) is 8.57. The van der Waals surface area contributed by atoms with E-state index in [0.29, 0.717) is 39.0 Å². The van der Waals surface area contributed by atoms with Gasteiger partial charge in [0.15, 0.2) is 0 Å². The molecule has 3 aliphatic heterocycles. The molecule has 2 N–H and O–H groups in total. The van der Waals surface area contributed by atoms with E-state index in [1.54, 1.807) is 0 Å². The second kappa shape index (κ2) is 8.53. The molecule has 2 aromatic carbocycles. The molecular formula is C24H27N5O3. The van der Waals surface area contributed by atoms with Crippen LogP contribution in [0.4, 0.5) is 16.2 Å². The molecule has 166 valence electrons. The molecule has 8 heteroatoms. The highest BCUT2D eigenvalue weighted by atomic mass is 16.2. The normalized spacial score (nSPS) is 20.2. The minimum atomic E-state index is -0.361. The highest BCUT2D eigenvalue weighted by Gasteiger charge is 2.32. The van der Waals surface area contributed by atoms with Gasteiger partial charge in [0.05, 0.1) is 0 Å². The number of carbonyl (C=O) groups excluding carboxylic acids is 3. The molecule has 32 heavy (non-hydrogen) atoms. The van der Waals surface area contributed by atoms with E-state index < -0.39 is 0 Å². The molecular weight excluding hydrogens is 406 g/mol. The smallest absolute Gasteiger partial charge is 0.322 e. The summed E-state index contributed by atoms with van der Waals surface area (Å²) in [6.45, 7) is 4.02. The number of piperazine rings is 1. The van der Waals surface area contributed by atoms with Crippen LogP contribution in [0, 0.1) is 0 Å². The minimum Gasteiger partial charge on any atom is -0.368 e. The Morgan fingerprint density at radius 2 is 1.53 bits per heavy atom. The number of anilines is 2. The Bertz CT molecular complexity index is 1010. The highest BCUT2D eigenvalue weighted by Crippen LogP contribution is 2.24. The lowest BCUT2D eigenvalue weighted by molar-refractivity contribution is -0.134. The fourth-order valence-corrected chi connectivity index (χ4v) is 4.64. The van der Waals surface area contributed by atoms with Gasteiger partial charge in [0.1, 0.15) is 6.04 Å². The molecule has 0 aliphatic carbocycles. The van der Waals surface area contributed by atoms with Gasteiger partial charge >= 0.3 is 6.03 Å². The zero-order valence-corrected chi connectivity index (χ0v) is 17.9. The van der Waals surface area contributed by atoms with Gasteiger partial charge in [-0.25, -0.2) is 4.79 Å². The minimum absolute atomic E-state index is 0.0256. The number of nitrogens with zero attached hydrogens (tertiary/aromatic N) is 3. The molecule has 2 fully saturated rings. The molecule has 1 atom stereocenters. The van der Waals surface area contributed by atoms with Crippen LogP contribution in [0.2, 0.25) is 0 Å². The van der Waals surface area contributed by atoms with Crippen LogP contribution in [-0.4, -0.2) is 59.9 Å². The molecule has 2 aromatic rings. The van der Waals surface area contributed by atoms with E-state index in [2.05, 4.69) is 27.7 Å². The fraction of sp³-hybridized carbons (Fsp3) is 0.375. The molecule has 3 aliphatic rings. The summed E-state index contributed by atoms with van der Waals surface area (Å²) in [6.07, 6.45) is 1.03. The summed E-state index contributed by atoms with van der Waals surface area (Å²) in [5.74, 6) is -0.0129. The van der Waals surface area contributed by atoms with Crippen molar-refractivity contribution in [3.63, 3.8) is 0 Å². The Balaban J connectivity index is 1.12. The molecule has 0 spiro atoms. The topological polar surface area (TPSA) is 85.0 Å². The van der Waals surface area contributed by atoms with Crippen molar-refractivity contribution in [1.82, 2.24) is 15.1 Å². The van der Waals surface area contributed by atoms with Crippen LogP contribution >= 0.6 is 0 Å². The molecule has 0 aromatic heterocycles. The number of fused-ring (bicyclic) bond motifs is 1. The zero-order valence-electron chi connectivity index (χ0n) is 17.9. The van der Waals surface area contributed by atoms with Crippen LogP contribution in [0.15, 0.2) is 48.5 Å². The largest absolute Gasteiger partial charge is 0.368 e. The van der Waals surface area contributed by atoms with Gasteiger partial charge in [-0.2, -0.15) is 0 Å². The van der Waals surface area contributed by atoms with Crippen LogP contribution in [0.5, 0.6) is 0 Å². The van der Waals surface area contributed by atoms with Gasteiger partial charge in [-0.15, -0.1) is 0 Å². The van der Waals surface area contributed by atoms with Crippen LogP contribution in [0.25, 0.3) is 0 Å². The molecule has 0 saturated carbocycles. The van der Waals surface area contributed by atoms with Crippen LogP contribution in [0.1, 0.15) is 24.0 Å². The van der Waals surface area contributed by atoms with E-state index in [9.17, 15) is 14.4 Å². The highest BCUT2D eigenvalue weighted by molar-refractivity contribution is 5.91. The Labute approximate surface area is 187 Å². The first kappa shape index (κ1) is 20.4. The molecule has 8 nitrogen and oxygen atoms in total. The van der Waals surface area contributed by atoms with E-state index in [0.717, 1.165) is 24.5 Å². The lowest BCUT2D eigenvalue weighted by Gasteiger charge is -2.37. The maximum absolute atomic E-state index is 12.6. The van der Waals surface area contributed by atoms with E-state index in [-0.39, 0.29) is 23.9 Å². The van der Waals surface area contributed by atoms with Gasteiger partial charge in [-0.1, -0.05) is 24.3 Å². The molecule has 0 radical (unpaired) electrons. The summed E-state index contributed by atoms with van der Waals surface area (Å²) >= 11 is 0. The molecule has 3 heterocycles. The predicted octanol–water partition coefficient (Wildman–Crippen LogP) is 2.16. The summed E-state index contributed by atoms with van der Waals surface area (Å²) in [4.78, 5) is 42.5. The number of carbonyl (C=O) groups is 3. The van der Waals surface area contributed by atoms with Gasteiger partial charge < -0.3 is 25.3 Å². The third-order valence-corrected chi connectivity index (χ3v) is 6.50. The Morgan fingerprint density at radius 3 is 2.12 bits per heavy atom. The van der Waals surface area contributed by atoms with Crippen molar-refractivity contribution >= 4 is 29.2 Å². The first-order valence-electron chi connectivity index (χ1n) is 11.1. The van der Waals surface area contributed by atoms with Crippen molar-refractivity contribution in [1.29, 1.82) is 0 Å². The monoisotopic (exact) mass is 433 g/mol. The number of hydrogen-bond donors (Lipinski definition) is 2. The van der Waals surface area contributed by atoms with Crippen LogP contribution < -0.4 is 15.5 Å². The summed E-state index contributed by atoms with van der Waals surface area (Å²) in [5, 5.41) is 5.75. The van der Waals surface area contributed by atoms with Crippen LogP contribution in [0.3, 0.4) is 0 Å². The lowest BCUT2D eigenvalue weighted by atomic mass is 10.1. The Hall–Kier alpha value is -3.55. The first-order chi connectivity index (χ1) is 15.6. The third kappa shape index (κ3) is 4.12. The predicted molar refractivity (Wildman–Crippen MR) is 121 cm³/mol. The van der Waals surface area contributed by atoms with E-state index >= 15 is 0 Å². The Kier molecular flexibility index (Phi) is 5.43. The van der Waals surface area contributed by atoms with E-state index in [1.807, 2.05) is 46.2 Å². The van der Waals surface area contributed by atoms with Gasteiger partial charge in [-0.05, 0) is 41.8 Å². The standard InChI is InChI=1S/C24H27N5O3/c30-22-10-9-21(26-22)23(31)28-13-11-27(12-14-28)20-7-5-19(6-8-20)25-24(32)29-15-17-3-1-2-4-18(17)16-29/h1-8,21H,9-16H2,(H,25,32)(H,26,30)/t21-/m1/s1. The van der Waals surface area contributed by atoms with Gasteiger partial charge in [-0.3, -0.25) is 9.59 Å². The molecule has 2 saturated heterocycles. The SMILES string of the molecule is O=C1CC[C@H](C(=O)N2CCN(c3ccc(NC(=O)N4Cc5ccccc5C4)cc3)CC2)N1. The van der Waals surface area contributed by atoms with Crippen molar-refractivity contribution < 1.29 is 14.4 Å². The summed E-state index contributed by atoms with van der Waals surface area (Å²) < 4.78 is 0. The maximum Gasteiger partial charge on any atom is 0.322 e. The lowest BCUT2D eigenvalue weighted by Crippen LogP contribution is -2.53. The number of hydrogen-bond acceptors (Lipinski definition) is 4. The van der Waals surface area contributed by atoms with Gasteiger partial charge in [0.25, 0.3) is 0 Å². The summed E-state index contributed by atoms with van der Waals surface area (Å²) in [5.41, 5.74) is 4.23. The number of rotatable bonds is 3. The average Bonchev–Trinajstić information content (AvgIpc) is 3.45. The number of amides is 4. The fourth-order valence-electron chi connectivity index (χ4n) is 4.64. The van der Waals surface area contributed by atoms with E-state index in [1.165, 1.54) is 11.1 Å². The maximum atomic E-state index is 12.6. The van der Waals surface area contributed by atoms with Gasteiger partial charge in [0, 0.05) is 57.1 Å². The Morgan fingerprint density at radius 1 is 0.875 bits per heavy atom. The van der Waals surface area contributed by atoms with Gasteiger partial charge in [0.2, 0.25) is 11.8 Å². The summed E-state index contributed by atoms with van der Waals surface area (Å²) in [7, 11) is 0. The van der Waals surface area contributed by atoms with Crippen molar-refractivity contribution in [2.24, 2.45) is 0 Å². The zero-order chi connectivity index (χ0) is 22.1. The van der Waals surface area contributed by atoms with Crippen molar-refractivity contribution in [3.8, 4) is 0 Å². The van der Waals surface area contributed by atoms with Crippen molar-refractivity contribution in [2.45, 2.75) is 32.0 Å². The molecule has 5 rings (SSSR count). The van der Waals surface area contributed by atoms with E-state index in [4.69, 9.17) is 0 Å². The average molecular weight is 434 g/mol. The number of nitrogens with one attached hydrogen (secondary N) is 2. The quantitative estimate of drug-likeness (QED) is 0.777. The molecule has 0 unspecified atom stereocenters. The van der Waals surface area contributed by atoms with Crippen molar-refractivity contribution in [3.05, 3.63) is 59.7 Å².